The van der Waals surface area contributed by atoms with Crippen LogP contribution in [-0.2, 0) is 4.79 Å². The van der Waals surface area contributed by atoms with E-state index in [0.717, 1.165) is 11.5 Å². The molecule has 0 unspecified atom stereocenters. The Hall–Kier alpha value is -1.71. The summed E-state index contributed by atoms with van der Waals surface area (Å²) >= 11 is 0. The van der Waals surface area contributed by atoms with E-state index in [2.05, 4.69) is 5.32 Å². The van der Waals surface area contributed by atoms with Gasteiger partial charge in [-0.3, -0.25) is 4.79 Å². The molecule has 2 rings (SSSR count). The molecule has 1 fully saturated rings. The predicted molar refractivity (Wildman–Crippen MR) is 50.2 cm³/mol. The van der Waals surface area contributed by atoms with Gasteiger partial charge < -0.3 is 14.8 Å². The largest absolute Gasteiger partial charge is 0.497 e. The monoisotopic (exact) mass is 193 g/mol. The molecule has 4 heteroatoms. The van der Waals surface area contributed by atoms with Crippen LogP contribution < -0.4 is 14.8 Å². The van der Waals surface area contributed by atoms with Crippen LogP contribution in [0.3, 0.4) is 0 Å². The molecule has 0 aromatic heterocycles. The van der Waals surface area contributed by atoms with Crippen LogP contribution in [0.2, 0.25) is 0 Å². The summed E-state index contributed by atoms with van der Waals surface area (Å²) < 4.78 is 10.4. The fraction of sp³-hybridized carbons (Fsp3) is 0.300. The first-order valence-electron chi connectivity index (χ1n) is 4.38. The third-order valence-electron chi connectivity index (χ3n) is 2.03. The van der Waals surface area contributed by atoms with Crippen molar-refractivity contribution in [3.05, 3.63) is 24.3 Å². The Balaban J connectivity index is 1.93. The van der Waals surface area contributed by atoms with E-state index in [1.165, 1.54) is 0 Å². The molecule has 0 spiro atoms. The minimum absolute atomic E-state index is 0.0310. The van der Waals surface area contributed by atoms with Gasteiger partial charge in [0.05, 0.1) is 13.5 Å². The minimum Gasteiger partial charge on any atom is -0.497 e. The van der Waals surface area contributed by atoms with Crippen LogP contribution in [-0.4, -0.2) is 19.2 Å². The Labute approximate surface area is 81.8 Å². The number of ether oxygens (including phenoxy) is 2. The zero-order valence-electron chi connectivity index (χ0n) is 7.82. The van der Waals surface area contributed by atoms with E-state index in [1.54, 1.807) is 7.11 Å². The number of methoxy groups -OCH3 is 1. The Morgan fingerprint density at radius 2 is 1.86 bits per heavy atom. The maximum atomic E-state index is 10.6. The molecule has 0 bridgehead atoms. The van der Waals surface area contributed by atoms with Crippen LogP contribution in [0.4, 0.5) is 0 Å². The molecule has 0 radical (unpaired) electrons. The van der Waals surface area contributed by atoms with Gasteiger partial charge in [-0.1, -0.05) is 0 Å². The van der Waals surface area contributed by atoms with E-state index in [-0.39, 0.29) is 12.1 Å². The molecule has 1 saturated heterocycles. The van der Waals surface area contributed by atoms with Gasteiger partial charge in [-0.25, -0.2) is 0 Å². The van der Waals surface area contributed by atoms with Crippen LogP contribution in [0.25, 0.3) is 0 Å². The highest BCUT2D eigenvalue weighted by Crippen LogP contribution is 2.19. The third kappa shape index (κ3) is 1.79. The van der Waals surface area contributed by atoms with Crippen molar-refractivity contribution in [1.82, 2.24) is 5.32 Å². The molecule has 4 nitrogen and oxygen atoms in total. The maximum absolute atomic E-state index is 10.6. The number of nitrogens with one attached hydrogen (secondary N) is 1. The van der Waals surface area contributed by atoms with Crippen molar-refractivity contribution >= 4 is 5.91 Å². The number of hydrogen-bond donors (Lipinski definition) is 1. The molecule has 1 aliphatic heterocycles. The number of rotatable bonds is 3. The zero-order valence-corrected chi connectivity index (χ0v) is 7.82. The molecule has 0 aliphatic carbocycles. The fourth-order valence-corrected chi connectivity index (χ4v) is 1.22. The second-order valence-corrected chi connectivity index (χ2v) is 3.05. The lowest BCUT2D eigenvalue weighted by Gasteiger charge is -2.27. The van der Waals surface area contributed by atoms with E-state index in [9.17, 15) is 4.79 Å². The van der Waals surface area contributed by atoms with Crippen molar-refractivity contribution in [3.63, 3.8) is 0 Å². The molecule has 1 aromatic carbocycles. The summed E-state index contributed by atoms with van der Waals surface area (Å²) in [5, 5.41) is 2.63. The first kappa shape index (κ1) is 8.87. The van der Waals surface area contributed by atoms with Crippen LogP contribution in [0.1, 0.15) is 6.42 Å². The summed E-state index contributed by atoms with van der Waals surface area (Å²) in [6.07, 6.45) is 0.266. The summed E-state index contributed by atoms with van der Waals surface area (Å²) in [5.74, 6) is 1.55. The van der Waals surface area contributed by atoms with Gasteiger partial charge in [0.25, 0.3) is 0 Å². The highest BCUT2D eigenvalue weighted by atomic mass is 16.5. The molecule has 74 valence electrons. The number of carbonyl (C=O) groups excluding carboxylic acids is 1. The van der Waals surface area contributed by atoms with Crippen molar-refractivity contribution in [1.29, 1.82) is 0 Å². The van der Waals surface area contributed by atoms with Crippen LogP contribution in [0.5, 0.6) is 11.5 Å². The lowest BCUT2D eigenvalue weighted by Crippen LogP contribution is -2.51. The highest BCUT2D eigenvalue weighted by Gasteiger charge is 2.26. The summed E-state index contributed by atoms with van der Waals surface area (Å²) in [6.45, 7) is 0. The van der Waals surface area contributed by atoms with E-state index in [4.69, 9.17) is 9.47 Å². The van der Waals surface area contributed by atoms with E-state index in [0.29, 0.717) is 6.42 Å². The van der Waals surface area contributed by atoms with Gasteiger partial charge in [0.2, 0.25) is 5.91 Å². The number of amides is 1. The summed E-state index contributed by atoms with van der Waals surface area (Å²) in [7, 11) is 1.61. The van der Waals surface area contributed by atoms with Crippen LogP contribution >= 0.6 is 0 Å². The summed E-state index contributed by atoms with van der Waals surface area (Å²) in [4.78, 5) is 10.6. The standard InChI is InChI=1S/C10H11NO3/c1-13-7-2-4-8(5-3-7)14-10-6-9(12)11-10/h2-5,10H,6H2,1H3,(H,11,12)/t10-/m0/s1. The minimum atomic E-state index is -0.170. The van der Waals surface area contributed by atoms with E-state index in [1.807, 2.05) is 24.3 Å². The molecule has 0 saturated carbocycles. The Morgan fingerprint density at radius 3 is 2.36 bits per heavy atom. The van der Waals surface area contributed by atoms with Gasteiger partial charge in [0, 0.05) is 0 Å². The van der Waals surface area contributed by atoms with Gasteiger partial charge in [-0.05, 0) is 24.3 Å². The average molecular weight is 193 g/mol. The zero-order chi connectivity index (χ0) is 9.97. The van der Waals surface area contributed by atoms with Crippen molar-refractivity contribution in [2.75, 3.05) is 7.11 Å². The first-order chi connectivity index (χ1) is 6.78. The topological polar surface area (TPSA) is 47.6 Å². The molecule has 1 aromatic rings. The third-order valence-corrected chi connectivity index (χ3v) is 2.03. The lowest BCUT2D eigenvalue weighted by molar-refractivity contribution is -0.134. The van der Waals surface area contributed by atoms with Crippen molar-refractivity contribution in [3.8, 4) is 11.5 Å². The molecule has 1 heterocycles. The molecular weight excluding hydrogens is 182 g/mol. The van der Waals surface area contributed by atoms with Crippen LogP contribution in [0.15, 0.2) is 24.3 Å². The Morgan fingerprint density at radius 1 is 1.29 bits per heavy atom. The normalized spacial score (nSPS) is 19.5. The maximum Gasteiger partial charge on any atom is 0.228 e. The summed E-state index contributed by atoms with van der Waals surface area (Å²) in [6, 6.07) is 7.25. The van der Waals surface area contributed by atoms with Gasteiger partial charge >= 0.3 is 0 Å². The molecule has 1 aliphatic rings. The van der Waals surface area contributed by atoms with E-state index < -0.39 is 0 Å². The average Bonchev–Trinajstić information content (AvgIpc) is 2.17. The first-order valence-corrected chi connectivity index (χ1v) is 4.38. The van der Waals surface area contributed by atoms with Crippen molar-refractivity contribution < 1.29 is 14.3 Å². The number of benzene rings is 1. The Kier molecular flexibility index (Phi) is 2.26. The predicted octanol–water partition coefficient (Wildman–Crippen LogP) is 0.920. The number of carbonyl (C=O) groups is 1. The molecule has 14 heavy (non-hydrogen) atoms. The highest BCUT2D eigenvalue weighted by molar-refractivity contribution is 5.82. The van der Waals surface area contributed by atoms with Gasteiger partial charge in [-0.15, -0.1) is 0 Å². The van der Waals surface area contributed by atoms with Crippen molar-refractivity contribution in [2.45, 2.75) is 12.6 Å². The molecular formula is C10H11NO3. The summed E-state index contributed by atoms with van der Waals surface area (Å²) in [5.41, 5.74) is 0. The second-order valence-electron chi connectivity index (χ2n) is 3.05. The number of hydrogen-bond acceptors (Lipinski definition) is 3. The van der Waals surface area contributed by atoms with Gasteiger partial charge in [0.1, 0.15) is 11.5 Å². The van der Waals surface area contributed by atoms with Crippen LogP contribution in [0, 0.1) is 0 Å². The van der Waals surface area contributed by atoms with Crippen molar-refractivity contribution in [2.24, 2.45) is 0 Å². The quantitative estimate of drug-likeness (QED) is 0.726. The second kappa shape index (κ2) is 3.57. The Bertz CT molecular complexity index is 326. The molecule has 1 atom stereocenters. The fourth-order valence-electron chi connectivity index (χ4n) is 1.22. The smallest absolute Gasteiger partial charge is 0.228 e. The molecule has 1 N–H and O–H groups in total. The van der Waals surface area contributed by atoms with E-state index >= 15 is 0 Å². The molecule has 1 amide bonds. The van der Waals surface area contributed by atoms with Gasteiger partial charge in [0.15, 0.2) is 6.23 Å². The van der Waals surface area contributed by atoms with Gasteiger partial charge in [-0.2, -0.15) is 0 Å². The number of β-lactam (4-membered cyclic amide) rings is 1. The lowest BCUT2D eigenvalue weighted by atomic mass is 10.2. The SMILES string of the molecule is COc1ccc(O[C@H]2CC(=O)N2)cc1.